The maximum atomic E-state index is 11.9. The first kappa shape index (κ1) is 16.3. The highest BCUT2D eigenvalue weighted by atomic mass is 32.2. The van der Waals surface area contributed by atoms with Gasteiger partial charge >= 0.3 is 0 Å². The zero-order valence-electron chi connectivity index (χ0n) is 13.3. The number of benzene rings is 1. The third-order valence-electron chi connectivity index (χ3n) is 3.41. The molecule has 1 aromatic carbocycles. The number of amides is 1. The van der Waals surface area contributed by atoms with Crippen molar-refractivity contribution in [1.82, 2.24) is 20.3 Å². The number of rotatable bonds is 7. The van der Waals surface area contributed by atoms with E-state index < -0.39 is 0 Å². The molecular weight excluding hydrogens is 324 g/mol. The summed E-state index contributed by atoms with van der Waals surface area (Å²) >= 11 is 1.53. The van der Waals surface area contributed by atoms with Gasteiger partial charge in [0.2, 0.25) is 11.8 Å². The van der Waals surface area contributed by atoms with Gasteiger partial charge in [-0.15, -0.1) is 11.8 Å². The Bertz CT molecular complexity index is 801. The minimum atomic E-state index is -0.00751. The number of aromatic nitrogens is 3. The fraction of sp³-hybridized carbons (Fsp3) is 0.235. The van der Waals surface area contributed by atoms with Crippen molar-refractivity contribution >= 4 is 28.7 Å². The molecule has 0 saturated heterocycles. The number of imidazole rings is 1. The maximum Gasteiger partial charge on any atom is 0.230 e. The molecule has 0 aliphatic heterocycles. The van der Waals surface area contributed by atoms with E-state index in [1.165, 1.54) is 11.8 Å². The number of para-hydroxylation sites is 2. The third kappa shape index (κ3) is 4.26. The zero-order chi connectivity index (χ0) is 16.8. The minimum Gasteiger partial charge on any atom is -0.481 e. The van der Waals surface area contributed by atoms with Gasteiger partial charge in [0, 0.05) is 18.8 Å². The van der Waals surface area contributed by atoms with Crippen LogP contribution < -0.4 is 10.1 Å². The van der Waals surface area contributed by atoms with Gasteiger partial charge in [-0.05, 0) is 23.8 Å². The number of hydrogen-bond donors (Lipinski definition) is 2. The standard InChI is InChI=1S/C17H18N4O2S/c1-23-17-8-12(6-7-18-17)9-19-16(22)11-24-10-15-20-13-4-2-3-5-14(13)21-15/h2-8H,9-11H2,1H3,(H,19,22)(H,20,21). The first-order valence-corrected chi connectivity index (χ1v) is 8.67. The minimum absolute atomic E-state index is 0.00751. The molecule has 124 valence electrons. The van der Waals surface area contributed by atoms with Crippen LogP contribution in [-0.4, -0.2) is 33.7 Å². The lowest BCUT2D eigenvalue weighted by Gasteiger charge is -2.06. The predicted molar refractivity (Wildman–Crippen MR) is 94.9 cm³/mol. The van der Waals surface area contributed by atoms with Gasteiger partial charge in [-0.25, -0.2) is 9.97 Å². The first-order valence-electron chi connectivity index (χ1n) is 7.51. The summed E-state index contributed by atoms with van der Waals surface area (Å²) in [6, 6.07) is 11.6. The number of ether oxygens (including phenoxy) is 1. The summed E-state index contributed by atoms with van der Waals surface area (Å²) in [6.07, 6.45) is 1.66. The first-order chi connectivity index (χ1) is 11.7. The molecule has 1 amide bonds. The summed E-state index contributed by atoms with van der Waals surface area (Å²) in [4.78, 5) is 23.7. The molecule has 7 heteroatoms. The zero-order valence-corrected chi connectivity index (χ0v) is 14.1. The van der Waals surface area contributed by atoms with E-state index in [1.54, 1.807) is 13.3 Å². The van der Waals surface area contributed by atoms with Crippen molar-refractivity contribution in [1.29, 1.82) is 0 Å². The van der Waals surface area contributed by atoms with E-state index in [4.69, 9.17) is 4.74 Å². The predicted octanol–water partition coefficient (Wildman–Crippen LogP) is 2.52. The number of thioether (sulfide) groups is 1. The molecule has 3 aromatic rings. The second kappa shape index (κ2) is 7.83. The van der Waals surface area contributed by atoms with Crippen LogP contribution in [0.4, 0.5) is 0 Å². The van der Waals surface area contributed by atoms with Gasteiger partial charge in [-0.2, -0.15) is 0 Å². The maximum absolute atomic E-state index is 11.9. The van der Waals surface area contributed by atoms with Crippen molar-refractivity contribution in [3.63, 3.8) is 0 Å². The van der Waals surface area contributed by atoms with E-state index in [-0.39, 0.29) is 5.91 Å². The Kier molecular flexibility index (Phi) is 5.32. The van der Waals surface area contributed by atoms with Gasteiger partial charge in [-0.3, -0.25) is 4.79 Å². The number of carbonyl (C=O) groups is 1. The number of fused-ring (bicyclic) bond motifs is 1. The topological polar surface area (TPSA) is 79.9 Å². The quantitative estimate of drug-likeness (QED) is 0.690. The van der Waals surface area contributed by atoms with Crippen LogP contribution in [0.5, 0.6) is 5.88 Å². The molecule has 0 aliphatic carbocycles. The van der Waals surface area contributed by atoms with Crippen LogP contribution in [0.1, 0.15) is 11.4 Å². The van der Waals surface area contributed by atoms with Gasteiger partial charge < -0.3 is 15.0 Å². The van der Waals surface area contributed by atoms with E-state index >= 15 is 0 Å². The number of carbonyl (C=O) groups excluding carboxylic acids is 1. The van der Waals surface area contributed by atoms with E-state index in [9.17, 15) is 4.79 Å². The number of nitrogens with one attached hydrogen (secondary N) is 2. The second-order valence-electron chi connectivity index (χ2n) is 5.18. The summed E-state index contributed by atoms with van der Waals surface area (Å²) in [5.74, 6) is 2.48. The molecular formula is C17H18N4O2S. The van der Waals surface area contributed by atoms with Gasteiger partial charge in [0.25, 0.3) is 0 Å². The number of hydrogen-bond acceptors (Lipinski definition) is 5. The smallest absolute Gasteiger partial charge is 0.230 e. The number of methoxy groups -OCH3 is 1. The lowest BCUT2D eigenvalue weighted by atomic mass is 10.2. The molecule has 2 heterocycles. The molecule has 0 atom stereocenters. The molecule has 0 spiro atoms. The molecule has 6 nitrogen and oxygen atoms in total. The number of nitrogens with zero attached hydrogens (tertiary/aromatic N) is 2. The van der Waals surface area contributed by atoms with Crippen molar-refractivity contribution in [2.45, 2.75) is 12.3 Å². The van der Waals surface area contributed by atoms with Gasteiger partial charge in [-0.1, -0.05) is 12.1 Å². The Morgan fingerprint density at radius 3 is 3.04 bits per heavy atom. The summed E-state index contributed by atoms with van der Waals surface area (Å²) in [5, 5.41) is 2.89. The SMILES string of the molecule is COc1cc(CNC(=O)CSCc2nc3ccccc3[nH]2)ccn1. The Balaban J connectivity index is 1.43. The average molecular weight is 342 g/mol. The van der Waals surface area contributed by atoms with Crippen LogP contribution >= 0.6 is 11.8 Å². The fourth-order valence-corrected chi connectivity index (χ4v) is 2.96. The van der Waals surface area contributed by atoms with Crippen LogP contribution in [0.3, 0.4) is 0 Å². The number of aromatic amines is 1. The Hall–Kier alpha value is -2.54. The summed E-state index contributed by atoms with van der Waals surface area (Å²) < 4.78 is 5.06. The summed E-state index contributed by atoms with van der Waals surface area (Å²) in [7, 11) is 1.57. The van der Waals surface area contributed by atoms with Crippen molar-refractivity contribution in [3.8, 4) is 5.88 Å². The molecule has 3 rings (SSSR count). The van der Waals surface area contributed by atoms with E-state index in [1.807, 2.05) is 36.4 Å². The Morgan fingerprint density at radius 1 is 1.33 bits per heavy atom. The number of pyridine rings is 1. The molecule has 0 saturated carbocycles. The normalized spacial score (nSPS) is 10.7. The van der Waals surface area contributed by atoms with Gasteiger partial charge in [0.1, 0.15) is 5.82 Å². The van der Waals surface area contributed by atoms with Crippen LogP contribution in [0.15, 0.2) is 42.6 Å². The van der Waals surface area contributed by atoms with Gasteiger partial charge in [0.05, 0.1) is 29.6 Å². The van der Waals surface area contributed by atoms with Crippen molar-refractivity contribution < 1.29 is 9.53 Å². The average Bonchev–Trinajstić information content (AvgIpc) is 3.03. The molecule has 2 N–H and O–H groups in total. The molecule has 2 aromatic heterocycles. The summed E-state index contributed by atoms with van der Waals surface area (Å²) in [5.41, 5.74) is 2.92. The third-order valence-corrected chi connectivity index (χ3v) is 4.35. The molecule has 24 heavy (non-hydrogen) atoms. The lowest BCUT2D eigenvalue weighted by Crippen LogP contribution is -2.24. The van der Waals surface area contributed by atoms with Crippen molar-refractivity contribution in [2.75, 3.05) is 12.9 Å². The highest BCUT2D eigenvalue weighted by Crippen LogP contribution is 2.15. The molecule has 0 bridgehead atoms. The highest BCUT2D eigenvalue weighted by molar-refractivity contribution is 7.99. The number of H-pyrrole nitrogens is 1. The second-order valence-corrected chi connectivity index (χ2v) is 6.16. The van der Waals surface area contributed by atoms with Crippen molar-refractivity contribution in [3.05, 3.63) is 54.0 Å². The molecule has 0 unspecified atom stereocenters. The molecule has 0 fully saturated rings. The fourth-order valence-electron chi connectivity index (χ4n) is 2.24. The van der Waals surface area contributed by atoms with E-state index in [0.29, 0.717) is 23.9 Å². The van der Waals surface area contributed by atoms with Crippen LogP contribution in [0.25, 0.3) is 11.0 Å². The molecule has 0 aliphatic rings. The van der Waals surface area contributed by atoms with Crippen LogP contribution in [0, 0.1) is 0 Å². The van der Waals surface area contributed by atoms with Crippen molar-refractivity contribution in [2.24, 2.45) is 0 Å². The Labute approximate surface area is 144 Å². The van der Waals surface area contributed by atoms with E-state index in [0.717, 1.165) is 22.4 Å². The van der Waals surface area contributed by atoms with Crippen LogP contribution in [-0.2, 0) is 17.1 Å². The van der Waals surface area contributed by atoms with Crippen LogP contribution in [0.2, 0.25) is 0 Å². The largest absolute Gasteiger partial charge is 0.481 e. The van der Waals surface area contributed by atoms with E-state index in [2.05, 4.69) is 20.3 Å². The lowest BCUT2D eigenvalue weighted by molar-refractivity contribution is -0.118. The highest BCUT2D eigenvalue weighted by Gasteiger charge is 2.06. The van der Waals surface area contributed by atoms with Gasteiger partial charge in [0.15, 0.2) is 0 Å². The molecule has 0 radical (unpaired) electrons. The Morgan fingerprint density at radius 2 is 2.21 bits per heavy atom. The monoisotopic (exact) mass is 342 g/mol. The summed E-state index contributed by atoms with van der Waals surface area (Å²) in [6.45, 7) is 0.461.